The largest absolute Gasteiger partial charge is 0.451 e. The molecule has 9 heteroatoms. The number of nitrogens with zero attached hydrogens (tertiary/aromatic N) is 2. The van der Waals surface area contributed by atoms with Crippen molar-refractivity contribution < 1.29 is 19.1 Å². The SMILES string of the molecule is CCN(CC)C(=O)c1ccc(NC(=O)COC(=O)c2sc(-c3cccs3)nc2C)cc1. The predicted molar refractivity (Wildman–Crippen MR) is 123 cm³/mol. The summed E-state index contributed by atoms with van der Waals surface area (Å²) in [6.07, 6.45) is 0. The number of amides is 2. The molecule has 2 amide bonds. The molecule has 2 heterocycles. The van der Waals surface area contributed by atoms with E-state index in [9.17, 15) is 14.4 Å². The molecule has 0 atom stereocenters. The molecule has 3 aromatic rings. The fourth-order valence-corrected chi connectivity index (χ4v) is 4.63. The zero-order valence-electron chi connectivity index (χ0n) is 17.5. The Kier molecular flexibility index (Phi) is 7.54. The van der Waals surface area contributed by atoms with Gasteiger partial charge in [-0.05, 0) is 56.5 Å². The van der Waals surface area contributed by atoms with Crippen molar-refractivity contribution in [1.29, 1.82) is 0 Å². The van der Waals surface area contributed by atoms with Gasteiger partial charge in [-0.15, -0.1) is 22.7 Å². The molecular weight excluding hydrogens is 434 g/mol. The Hall–Kier alpha value is -3.04. The molecule has 0 saturated carbocycles. The van der Waals surface area contributed by atoms with Crippen LogP contribution in [0.2, 0.25) is 0 Å². The maximum absolute atomic E-state index is 12.4. The van der Waals surface area contributed by atoms with E-state index in [2.05, 4.69) is 10.3 Å². The molecule has 162 valence electrons. The van der Waals surface area contributed by atoms with Crippen LogP contribution in [0.15, 0.2) is 41.8 Å². The van der Waals surface area contributed by atoms with Crippen LogP contribution in [0.4, 0.5) is 5.69 Å². The molecule has 0 aliphatic heterocycles. The topological polar surface area (TPSA) is 88.6 Å². The van der Waals surface area contributed by atoms with Gasteiger partial charge < -0.3 is 15.0 Å². The smallest absolute Gasteiger partial charge is 0.350 e. The van der Waals surface area contributed by atoms with Crippen molar-refractivity contribution in [2.45, 2.75) is 20.8 Å². The first-order valence-corrected chi connectivity index (χ1v) is 11.5. The number of nitrogens with one attached hydrogen (secondary N) is 1. The van der Waals surface area contributed by atoms with E-state index in [-0.39, 0.29) is 5.91 Å². The Morgan fingerprint density at radius 2 is 1.81 bits per heavy atom. The van der Waals surface area contributed by atoms with Crippen LogP contribution in [-0.2, 0) is 9.53 Å². The van der Waals surface area contributed by atoms with Gasteiger partial charge in [-0.2, -0.15) is 0 Å². The van der Waals surface area contributed by atoms with Crippen LogP contribution in [0.25, 0.3) is 9.88 Å². The number of ether oxygens (including phenoxy) is 1. The quantitative estimate of drug-likeness (QED) is 0.505. The second-order valence-electron chi connectivity index (χ2n) is 6.59. The molecule has 0 spiro atoms. The monoisotopic (exact) mass is 457 g/mol. The number of thiophene rings is 1. The molecule has 31 heavy (non-hydrogen) atoms. The first-order chi connectivity index (χ1) is 14.9. The molecule has 7 nitrogen and oxygen atoms in total. The zero-order valence-corrected chi connectivity index (χ0v) is 19.1. The van der Waals surface area contributed by atoms with E-state index in [0.717, 1.165) is 9.88 Å². The van der Waals surface area contributed by atoms with Crippen molar-refractivity contribution in [3.8, 4) is 9.88 Å². The van der Waals surface area contributed by atoms with Crippen molar-refractivity contribution in [3.63, 3.8) is 0 Å². The Bertz CT molecular complexity index is 1060. The van der Waals surface area contributed by atoms with Crippen LogP contribution in [0.3, 0.4) is 0 Å². The second-order valence-corrected chi connectivity index (χ2v) is 8.54. The third-order valence-electron chi connectivity index (χ3n) is 4.51. The molecule has 0 bridgehead atoms. The minimum atomic E-state index is -0.576. The maximum Gasteiger partial charge on any atom is 0.350 e. The third-order valence-corrected chi connectivity index (χ3v) is 6.69. The lowest BCUT2D eigenvalue weighted by molar-refractivity contribution is -0.119. The minimum Gasteiger partial charge on any atom is -0.451 e. The molecule has 0 fully saturated rings. The van der Waals surface area contributed by atoms with Crippen LogP contribution in [0.1, 0.15) is 39.6 Å². The normalized spacial score (nSPS) is 10.5. The van der Waals surface area contributed by atoms with Crippen LogP contribution >= 0.6 is 22.7 Å². The number of aryl methyl sites for hydroxylation is 1. The maximum atomic E-state index is 12.4. The molecule has 1 N–H and O–H groups in total. The second kappa shape index (κ2) is 10.3. The lowest BCUT2D eigenvalue weighted by atomic mass is 10.2. The van der Waals surface area contributed by atoms with Crippen LogP contribution in [0, 0.1) is 6.92 Å². The van der Waals surface area contributed by atoms with Crippen LogP contribution in [0.5, 0.6) is 0 Å². The van der Waals surface area contributed by atoms with Gasteiger partial charge in [-0.25, -0.2) is 9.78 Å². The van der Waals surface area contributed by atoms with Gasteiger partial charge in [0.2, 0.25) is 0 Å². The number of thiazole rings is 1. The van der Waals surface area contributed by atoms with E-state index in [1.165, 1.54) is 11.3 Å². The summed E-state index contributed by atoms with van der Waals surface area (Å²) in [6, 6.07) is 10.5. The number of rotatable bonds is 8. The number of hydrogen-bond acceptors (Lipinski definition) is 7. The number of aromatic nitrogens is 1. The van der Waals surface area contributed by atoms with Crippen molar-refractivity contribution in [1.82, 2.24) is 9.88 Å². The van der Waals surface area contributed by atoms with Gasteiger partial charge in [0, 0.05) is 24.3 Å². The molecule has 0 unspecified atom stereocenters. The summed E-state index contributed by atoms with van der Waals surface area (Å²) in [6.45, 7) is 6.44. The molecule has 0 saturated heterocycles. The molecular formula is C22H23N3O4S2. The highest BCUT2D eigenvalue weighted by atomic mass is 32.1. The summed E-state index contributed by atoms with van der Waals surface area (Å²) in [7, 11) is 0. The van der Waals surface area contributed by atoms with Gasteiger partial charge in [0.25, 0.3) is 11.8 Å². The number of anilines is 1. The summed E-state index contributed by atoms with van der Waals surface area (Å²) in [4.78, 5) is 44.4. The van der Waals surface area contributed by atoms with Crippen molar-refractivity contribution in [2.24, 2.45) is 0 Å². The van der Waals surface area contributed by atoms with Gasteiger partial charge >= 0.3 is 5.97 Å². The van der Waals surface area contributed by atoms with Gasteiger partial charge in [0.15, 0.2) is 6.61 Å². The highest BCUT2D eigenvalue weighted by Crippen LogP contribution is 2.31. The van der Waals surface area contributed by atoms with E-state index >= 15 is 0 Å². The van der Waals surface area contributed by atoms with Crippen molar-refractivity contribution in [3.05, 3.63) is 57.9 Å². The molecule has 0 aliphatic carbocycles. The van der Waals surface area contributed by atoms with Crippen LogP contribution in [-0.4, -0.2) is 47.4 Å². The standard InChI is InChI=1S/C22H23N3O4S2/c1-4-25(5-2)21(27)15-8-10-16(11-9-15)24-18(26)13-29-22(28)19-14(3)23-20(31-19)17-7-6-12-30-17/h6-12H,4-5,13H2,1-3H3,(H,24,26). The number of hydrogen-bond donors (Lipinski definition) is 1. The Labute approximate surface area is 188 Å². The average molecular weight is 458 g/mol. The number of esters is 1. The van der Waals surface area contributed by atoms with Crippen molar-refractivity contribution >= 4 is 46.1 Å². The lowest BCUT2D eigenvalue weighted by Crippen LogP contribution is -2.30. The Balaban J connectivity index is 1.54. The minimum absolute atomic E-state index is 0.0568. The number of benzene rings is 1. The summed E-state index contributed by atoms with van der Waals surface area (Å²) in [5.41, 5.74) is 1.65. The van der Waals surface area contributed by atoms with E-state index in [0.29, 0.717) is 34.9 Å². The summed E-state index contributed by atoms with van der Waals surface area (Å²) in [5, 5.41) is 5.36. The fourth-order valence-electron chi connectivity index (χ4n) is 2.87. The predicted octanol–water partition coefficient (Wildman–Crippen LogP) is 4.46. The highest BCUT2D eigenvalue weighted by molar-refractivity contribution is 7.22. The first kappa shape index (κ1) is 22.6. The third kappa shape index (κ3) is 5.56. The van der Waals surface area contributed by atoms with E-state index in [4.69, 9.17) is 4.74 Å². The average Bonchev–Trinajstić information content (AvgIpc) is 3.43. The molecule has 1 aromatic carbocycles. The number of carbonyl (C=O) groups is 3. The number of carbonyl (C=O) groups excluding carboxylic acids is 3. The first-order valence-electron chi connectivity index (χ1n) is 9.80. The lowest BCUT2D eigenvalue weighted by Gasteiger charge is -2.18. The molecule has 3 rings (SSSR count). The summed E-state index contributed by atoms with van der Waals surface area (Å²) < 4.78 is 5.16. The molecule has 2 aromatic heterocycles. The van der Waals surface area contributed by atoms with Crippen LogP contribution < -0.4 is 5.32 Å². The van der Waals surface area contributed by atoms with Crippen molar-refractivity contribution in [2.75, 3.05) is 25.0 Å². The van der Waals surface area contributed by atoms with Gasteiger partial charge in [0.05, 0.1) is 10.6 Å². The summed E-state index contributed by atoms with van der Waals surface area (Å²) in [5.74, 6) is -1.09. The molecule has 0 aliphatic rings. The van der Waals surface area contributed by atoms with Gasteiger partial charge in [0.1, 0.15) is 9.88 Å². The fraction of sp³-hybridized carbons (Fsp3) is 0.273. The molecule has 0 radical (unpaired) electrons. The highest BCUT2D eigenvalue weighted by Gasteiger charge is 2.19. The zero-order chi connectivity index (χ0) is 22.4. The summed E-state index contributed by atoms with van der Waals surface area (Å²) >= 11 is 2.79. The Morgan fingerprint density at radius 3 is 2.42 bits per heavy atom. The van der Waals surface area contributed by atoms with Gasteiger partial charge in [-0.3, -0.25) is 9.59 Å². The van der Waals surface area contributed by atoms with E-state index in [1.54, 1.807) is 47.4 Å². The van der Waals surface area contributed by atoms with E-state index in [1.807, 2.05) is 31.4 Å². The Morgan fingerprint density at radius 1 is 1.10 bits per heavy atom. The van der Waals surface area contributed by atoms with E-state index < -0.39 is 18.5 Å². The van der Waals surface area contributed by atoms with Gasteiger partial charge in [-0.1, -0.05) is 6.07 Å².